The van der Waals surface area contributed by atoms with Gasteiger partial charge in [0, 0.05) is 11.3 Å². The van der Waals surface area contributed by atoms with Crippen LogP contribution >= 0.6 is 11.3 Å². The van der Waals surface area contributed by atoms with E-state index < -0.39 is 0 Å². The lowest BCUT2D eigenvalue weighted by atomic mass is 10.1. The second-order valence-corrected chi connectivity index (χ2v) is 4.48. The first-order valence-electron chi connectivity index (χ1n) is 4.83. The van der Waals surface area contributed by atoms with Crippen LogP contribution in [0.15, 0.2) is 35.7 Å². The zero-order valence-electron chi connectivity index (χ0n) is 8.10. The molecule has 1 aromatic heterocycles. The Morgan fingerprint density at radius 3 is 2.93 bits per heavy atom. The average Bonchev–Trinajstić information content (AvgIpc) is 2.87. The van der Waals surface area contributed by atoms with Crippen molar-refractivity contribution in [3.8, 4) is 11.5 Å². The van der Waals surface area contributed by atoms with Crippen molar-refractivity contribution < 1.29 is 9.47 Å². The van der Waals surface area contributed by atoms with Gasteiger partial charge in [0.1, 0.15) is 0 Å². The molecule has 1 aromatic carbocycles. The molecule has 0 unspecified atom stereocenters. The van der Waals surface area contributed by atoms with Crippen molar-refractivity contribution in [2.75, 3.05) is 6.79 Å². The third-order valence-electron chi connectivity index (χ3n) is 2.40. The summed E-state index contributed by atoms with van der Waals surface area (Å²) < 4.78 is 10.6. The Hall–Kier alpha value is -1.48. The fraction of sp³-hybridized carbons (Fsp3) is 0.167. The standard InChI is InChI=1S/C12H10O2S/c1-2-10(15-5-1)6-9-3-4-11-12(7-9)14-8-13-11/h1-5,7H,6,8H2. The molecule has 0 fully saturated rings. The summed E-state index contributed by atoms with van der Waals surface area (Å²) in [6.45, 7) is 0.345. The smallest absolute Gasteiger partial charge is 0.231 e. The first-order chi connectivity index (χ1) is 7.42. The Morgan fingerprint density at radius 1 is 1.13 bits per heavy atom. The molecule has 2 nitrogen and oxygen atoms in total. The van der Waals surface area contributed by atoms with E-state index in [1.165, 1.54) is 10.4 Å². The van der Waals surface area contributed by atoms with Crippen molar-refractivity contribution in [1.82, 2.24) is 0 Å². The molecule has 2 heterocycles. The maximum atomic E-state index is 5.34. The molecule has 0 saturated heterocycles. The number of thiophene rings is 1. The molecule has 0 N–H and O–H groups in total. The van der Waals surface area contributed by atoms with Crippen molar-refractivity contribution in [2.24, 2.45) is 0 Å². The summed E-state index contributed by atoms with van der Waals surface area (Å²) >= 11 is 1.78. The lowest BCUT2D eigenvalue weighted by Crippen LogP contribution is -1.92. The van der Waals surface area contributed by atoms with Gasteiger partial charge in [-0.3, -0.25) is 0 Å². The van der Waals surface area contributed by atoms with Crippen LogP contribution in [0.25, 0.3) is 0 Å². The second-order valence-electron chi connectivity index (χ2n) is 3.44. The van der Waals surface area contributed by atoms with Crippen molar-refractivity contribution in [2.45, 2.75) is 6.42 Å². The molecule has 0 radical (unpaired) electrons. The third-order valence-corrected chi connectivity index (χ3v) is 3.27. The topological polar surface area (TPSA) is 18.5 Å². The lowest BCUT2D eigenvalue weighted by molar-refractivity contribution is 0.174. The van der Waals surface area contributed by atoms with Crippen LogP contribution in [0.5, 0.6) is 11.5 Å². The summed E-state index contributed by atoms with van der Waals surface area (Å²) in [7, 11) is 0. The average molecular weight is 218 g/mol. The largest absolute Gasteiger partial charge is 0.454 e. The molecule has 2 aromatic rings. The molecule has 0 saturated carbocycles. The number of benzene rings is 1. The molecule has 76 valence electrons. The van der Waals surface area contributed by atoms with Gasteiger partial charge in [0.05, 0.1) is 0 Å². The van der Waals surface area contributed by atoms with Gasteiger partial charge >= 0.3 is 0 Å². The van der Waals surface area contributed by atoms with Gasteiger partial charge in [-0.05, 0) is 29.1 Å². The summed E-state index contributed by atoms with van der Waals surface area (Å²) in [6.07, 6.45) is 0.967. The minimum atomic E-state index is 0.345. The highest BCUT2D eigenvalue weighted by atomic mass is 32.1. The fourth-order valence-electron chi connectivity index (χ4n) is 1.67. The molecule has 15 heavy (non-hydrogen) atoms. The molecule has 0 spiro atoms. The van der Waals surface area contributed by atoms with Gasteiger partial charge in [0.15, 0.2) is 11.5 Å². The van der Waals surface area contributed by atoms with E-state index >= 15 is 0 Å². The third kappa shape index (κ3) is 1.70. The molecule has 1 aliphatic heterocycles. The molecule has 3 heteroatoms. The van der Waals surface area contributed by atoms with E-state index in [0.717, 1.165) is 17.9 Å². The van der Waals surface area contributed by atoms with Crippen LogP contribution in [0.1, 0.15) is 10.4 Å². The van der Waals surface area contributed by atoms with E-state index in [0.29, 0.717) is 6.79 Å². The summed E-state index contributed by atoms with van der Waals surface area (Å²) in [4.78, 5) is 1.37. The van der Waals surface area contributed by atoms with E-state index in [4.69, 9.17) is 9.47 Å². The Bertz CT molecular complexity index is 462. The van der Waals surface area contributed by atoms with E-state index in [-0.39, 0.29) is 0 Å². The van der Waals surface area contributed by atoms with Gasteiger partial charge in [-0.1, -0.05) is 12.1 Å². The monoisotopic (exact) mass is 218 g/mol. The van der Waals surface area contributed by atoms with Crippen LogP contribution in [0, 0.1) is 0 Å². The Kier molecular flexibility index (Phi) is 2.10. The minimum Gasteiger partial charge on any atom is -0.454 e. The number of hydrogen-bond donors (Lipinski definition) is 0. The second kappa shape index (κ2) is 3.59. The maximum Gasteiger partial charge on any atom is 0.231 e. The summed E-state index contributed by atoms with van der Waals surface area (Å²) in [6, 6.07) is 10.3. The van der Waals surface area contributed by atoms with Crippen LogP contribution in [0.3, 0.4) is 0 Å². The van der Waals surface area contributed by atoms with E-state index in [1.807, 2.05) is 6.07 Å². The van der Waals surface area contributed by atoms with Gasteiger partial charge < -0.3 is 9.47 Å². The molecule has 0 amide bonds. The predicted octanol–water partition coefficient (Wildman–Crippen LogP) is 3.07. The highest BCUT2D eigenvalue weighted by Crippen LogP contribution is 2.33. The van der Waals surface area contributed by atoms with E-state index in [9.17, 15) is 0 Å². The zero-order chi connectivity index (χ0) is 10.1. The van der Waals surface area contributed by atoms with Gasteiger partial charge in [0.2, 0.25) is 6.79 Å². The highest BCUT2D eigenvalue weighted by molar-refractivity contribution is 7.09. The van der Waals surface area contributed by atoms with Crippen LogP contribution in [0.2, 0.25) is 0 Å². The molecule has 0 atom stereocenters. The quantitative estimate of drug-likeness (QED) is 0.771. The summed E-state index contributed by atoms with van der Waals surface area (Å²) in [5.74, 6) is 1.72. The number of rotatable bonds is 2. The lowest BCUT2D eigenvalue weighted by Gasteiger charge is -2.00. The first-order valence-corrected chi connectivity index (χ1v) is 5.71. The fourth-order valence-corrected chi connectivity index (χ4v) is 2.40. The van der Waals surface area contributed by atoms with E-state index in [2.05, 4.69) is 29.6 Å². The maximum absolute atomic E-state index is 5.34. The number of hydrogen-bond acceptors (Lipinski definition) is 3. The van der Waals surface area contributed by atoms with Crippen LogP contribution < -0.4 is 9.47 Å². The Labute approximate surface area is 92.1 Å². The van der Waals surface area contributed by atoms with Crippen molar-refractivity contribution in [3.63, 3.8) is 0 Å². The van der Waals surface area contributed by atoms with Crippen LogP contribution in [-0.2, 0) is 6.42 Å². The zero-order valence-corrected chi connectivity index (χ0v) is 8.92. The van der Waals surface area contributed by atoms with Crippen molar-refractivity contribution >= 4 is 11.3 Å². The number of fused-ring (bicyclic) bond motifs is 1. The summed E-state index contributed by atoms with van der Waals surface area (Å²) in [5, 5.41) is 2.10. The minimum absolute atomic E-state index is 0.345. The van der Waals surface area contributed by atoms with Crippen LogP contribution in [0.4, 0.5) is 0 Å². The normalized spacial score (nSPS) is 13.1. The molecule has 0 aliphatic carbocycles. The number of ether oxygens (including phenoxy) is 2. The predicted molar refractivity (Wildman–Crippen MR) is 59.7 cm³/mol. The molecular weight excluding hydrogens is 208 g/mol. The Morgan fingerprint density at radius 2 is 2.07 bits per heavy atom. The molecule has 1 aliphatic rings. The van der Waals surface area contributed by atoms with Gasteiger partial charge in [-0.15, -0.1) is 11.3 Å². The van der Waals surface area contributed by atoms with Crippen molar-refractivity contribution in [3.05, 3.63) is 46.2 Å². The van der Waals surface area contributed by atoms with Gasteiger partial charge in [-0.2, -0.15) is 0 Å². The van der Waals surface area contributed by atoms with Crippen molar-refractivity contribution in [1.29, 1.82) is 0 Å². The Balaban J connectivity index is 1.87. The molecule has 0 bridgehead atoms. The first kappa shape index (κ1) is 8.80. The molecule has 3 rings (SSSR count). The highest BCUT2D eigenvalue weighted by Gasteiger charge is 2.13. The molecular formula is C12H10O2S. The van der Waals surface area contributed by atoms with E-state index in [1.54, 1.807) is 11.3 Å². The van der Waals surface area contributed by atoms with Gasteiger partial charge in [0.25, 0.3) is 0 Å². The van der Waals surface area contributed by atoms with Crippen LogP contribution in [-0.4, -0.2) is 6.79 Å². The SMILES string of the molecule is c1csc(Cc2ccc3c(c2)OCO3)c1. The summed E-state index contributed by atoms with van der Waals surface area (Å²) in [5.41, 5.74) is 1.27. The van der Waals surface area contributed by atoms with Gasteiger partial charge in [-0.25, -0.2) is 0 Å².